The Bertz CT molecular complexity index is 851. The van der Waals surface area contributed by atoms with E-state index >= 15 is 0 Å². The number of hydrogen-bond acceptors (Lipinski definition) is 1. The number of imidazole rings is 1. The number of aromatic nitrogens is 2. The van der Waals surface area contributed by atoms with Gasteiger partial charge in [-0.3, -0.25) is 4.57 Å². The van der Waals surface area contributed by atoms with Gasteiger partial charge in [0.15, 0.2) is 4.77 Å². The van der Waals surface area contributed by atoms with Gasteiger partial charge in [0.05, 0.1) is 16.1 Å². The quantitative estimate of drug-likeness (QED) is 0.576. The van der Waals surface area contributed by atoms with Gasteiger partial charge in [0.1, 0.15) is 0 Å². The molecular formula is C17H17ClN2S. The van der Waals surface area contributed by atoms with Crippen LogP contribution >= 0.6 is 23.8 Å². The van der Waals surface area contributed by atoms with Crippen LogP contribution in [0.4, 0.5) is 0 Å². The highest BCUT2D eigenvalue weighted by Crippen LogP contribution is 2.27. The molecule has 3 aromatic rings. The van der Waals surface area contributed by atoms with E-state index in [1.807, 2.05) is 22.8 Å². The summed E-state index contributed by atoms with van der Waals surface area (Å²) in [4.78, 5) is 3.18. The zero-order valence-electron chi connectivity index (χ0n) is 12.3. The second kappa shape index (κ2) is 5.00. The zero-order valence-corrected chi connectivity index (χ0v) is 13.8. The van der Waals surface area contributed by atoms with E-state index in [0.29, 0.717) is 9.79 Å². The van der Waals surface area contributed by atoms with Crippen molar-refractivity contribution in [2.45, 2.75) is 26.2 Å². The molecule has 0 saturated heterocycles. The Morgan fingerprint density at radius 3 is 2.33 bits per heavy atom. The van der Waals surface area contributed by atoms with Gasteiger partial charge in [-0.2, -0.15) is 0 Å². The number of rotatable bonds is 1. The minimum atomic E-state index is 0.142. The fourth-order valence-electron chi connectivity index (χ4n) is 2.46. The van der Waals surface area contributed by atoms with Gasteiger partial charge < -0.3 is 4.98 Å². The third-order valence-corrected chi connectivity index (χ3v) is 4.26. The van der Waals surface area contributed by atoms with Crippen LogP contribution in [0.2, 0.25) is 5.02 Å². The van der Waals surface area contributed by atoms with Crippen LogP contribution in [0.5, 0.6) is 0 Å². The molecule has 0 aliphatic carbocycles. The van der Waals surface area contributed by atoms with E-state index in [1.165, 1.54) is 5.56 Å². The lowest BCUT2D eigenvalue weighted by Gasteiger charge is -2.19. The molecule has 0 bridgehead atoms. The predicted octanol–water partition coefficient (Wildman–Crippen LogP) is 5.64. The van der Waals surface area contributed by atoms with Crippen LogP contribution in [-0.2, 0) is 5.41 Å². The molecule has 21 heavy (non-hydrogen) atoms. The second-order valence-electron chi connectivity index (χ2n) is 6.20. The van der Waals surface area contributed by atoms with Gasteiger partial charge in [-0.15, -0.1) is 0 Å². The first-order valence-corrected chi connectivity index (χ1v) is 7.67. The van der Waals surface area contributed by atoms with Crippen LogP contribution in [-0.4, -0.2) is 9.55 Å². The lowest BCUT2D eigenvalue weighted by atomic mass is 9.87. The minimum Gasteiger partial charge on any atom is -0.329 e. The van der Waals surface area contributed by atoms with E-state index in [9.17, 15) is 0 Å². The third kappa shape index (κ3) is 2.52. The second-order valence-corrected chi connectivity index (χ2v) is 6.99. The highest BCUT2D eigenvalue weighted by Gasteiger charge is 2.14. The first-order chi connectivity index (χ1) is 9.88. The number of halogens is 1. The Kier molecular flexibility index (Phi) is 3.42. The maximum Gasteiger partial charge on any atom is 0.182 e. The summed E-state index contributed by atoms with van der Waals surface area (Å²) < 4.78 is 2.67. The van der Waals surface area contributed by atoms with Crippen molar-refractivity contribution in [1.29, 1.82) is 0 Å². The number of H-pyrrole nitrogens is 1. The average molecular weight is 317 g/mol. The summed E-state index contributed by atoms with van der Waals surface area (Å²) >= 11 is 11.7. The Labute approximate surface area is 134 Å². The van der Waals surface area contributed by atoms with Crippen LogP contribution in [0.1, 0.15) is 26.3 Å². The maximum absolute atomic E-state index is 6.22. The number of benzene rings is 2. The van der Waals surface area contributed by atoms with E-state index in [-0.39, 0.29) is 5.41 Å². The Balaban J connectivity index is 2.19. The number of aromatic amines is 1. The number of nitrogens with zero attached hydrogens (tertiary/aromatic N) is 1. The molecule has 2 aromatic carbocycles. The molecule has 1 N–H and O–H groups in total. The first-order valence-electron chi connectivity index (χ1n) is 6.88. The maximum atomic E-state index is 6.22. The highest BCUT2D eigenvalue weighted by atomic mass is 35.5. The van der Waals surface area contributed by atoms with Crippen molar-refractivity contribution in [2.24, 2.45) is 0 Å². The summed E-state index contributed by atoms with van der Waals surface area (Å²) in [5, 5.41) is 0.684. The Morgan fingerprint density at radius 2 is 1.71 bits per heavy atom. The molecule has 0 amide bonds. The summed E-state index contributed by atoms with van der Waals surface area (Å²) in [6, 6.07) is 14.3. The van der Waals surface area contributed by atoms with Crippen molar-refractivity contribution in [1.82, 2.24) is 9.55 Å². The molecule has 4 heteroatoms. The van der Waals surface area contributed by atoms with Gasteiger partial charge in [-0.1, -0.05) is 50.6 Å². The number of fused-ring (bicyclic) bond motifs is 1. The van der Waals surface area contributed by atoms with Crippen molar-refractivity contribution in [3.8, 4) is 5.69 Å². The van der Waals surface area contributed by atoms with E-state index < -0.39 is 0 Å². The summed E-state index contributed by atoms with van der Waals surface area (Å²) in [6.07, 6.45) is 0. The van der Waals surface area contributed by atoms with Crippen LogP contribution in [0, 0.1) is 4.77 Å². The monoisotopic (exact) mass is 316 g/mol. The van der Waals surface area contributed by atoms with Gasteiger partial charge in [-0.05, 0) is 47.5 Å². The smallest absolute Gasteiger partial charge is 0.182 e. The molecule has 0 aliphatic rings. The SMILES string of the molecule is CC(C)(C)c1ccc(-n2c(=S)[nH]c3c(Cl)cccc32)cc1. The molecule has 108 valence electrons. The topological polar surface area (TPSA) is 20.7 Å². The molecule has 0 saturated carbocycles. The van der Waals surface area contributed by atoms with Crippen LogP contribution in [0.15, 0.2) is 42.5 Å². The van der Waals surface area contributed by atoms with Crippen LogP contribution in [0.3, 0.4) is 0 Å². The summed E-state index contributed by atoms with van der Waals surface area (Å²) in [7, 11) is 0. The molecule has 2 nitrogen and oxygen atoms in total. The lowest BCUT2D eigenvalue weighted by Crippen LogP contribution is -2.10. The lowest BCUT2D eigenvalue weighted by molar-refractivity contribution is 0.590. The van der Waals surface area contributed by atoms with Gasteiger partial charge in [-0.25, -0.2) is 0 Å². The predicted molar refractivity (Wildman–Crippen MR) is 92.2 cm³/mol. The van der Waals surface area contributed by atoms with Gasteiger partial charge >= 0.3 is 0 Å². The minimum absolute atomic E-state index is 0.142. The summed E-state index contributed by atoms with van der Waals surface area (Å²) in [5.41, 5.74) is 4.36. The molecule has 0 aliphatic heterocycles. The fourth-order valence-corrected chi connectivity index (χ4v) is 2.98. The van der Waals surface area contributed by atoms with Crippen molar-refractivity contribution in [2.75, 3.05) is 0 Å². The van der Waals surface area contributed by atoms with Crippen LogP contribution in [0.25, 0.3) is 16.7 Å². The standard InChI is InChI=1S/C17H17ClN2S/c1-17(2,3)11-7-9-12(10-8-11)20-14-6-4-5-13(18)15(14)19-16(20)21/h4-10H,1-3H3,(H,19,21). The zero-order chi connectivity index (χ0) is 15.2. The molecule has 1 aromatic heterocycles. The first kappa shape index (κ1) is 14.4. The fraction of sp³-hybridized carbons (Fsp3) is 0.235. The number of hydrogen-bond donors (Lipinski definition) is 1. The van der Waals surface area contributed by atoms with Crippen molar-refractivity contribution < 1.29 is 0 Å². The highest BCUT2D eigenvalue weighted by molar-refractivity contribution is 7.71. The molecule has 0 radical (unpaired) electrons. The van der Waals surface area contributed by atoms with Crippen molar-refractivity contribution >= 4 is 34.9 Å². The third-order valence-electron chi connectivity index (χ3n) is 3.66. The summed E-state index contributed by atoms with van der Waals surface area (Å²) in [6.45, 7) is 6.62. The van der Waals surface area contributed by atoms with E-state index in [0.717, 1.165) is 16.7 Å². The van der Waals surface area contributed by atoms with E-state index in [1.54, 1.807) is 0 Å². The summed E-state index contributed by atoms with van der Waals surface area (Å²) in [5.74, 6) is 0. The molecule has 0 fully saturated rings. The van der Waals surface area contributed by atoms with E-state index in [2.05, 4.69) is 50.0 Å². The molecule has 3 rings (SSSR count). The van der Waals surface area contributed by atoms with Crippen molar-refractivity contribution in [3.63, 3.8) is 0 Å². The molecular weight excluding hydrogens is 300 g/mol. The average Bonchev–Trinajstić information content (AvgIpc) is 2.76. The van der Waals surface area contributed by atoms with E-state index in [4.69, 9.17) is 23.8 Å². The van der Waals surface area contributed by atoms with Crippen LogP contribution < -0.4 is 0 Å². The van der Waals surface area contributed by atoms with Gasteiger partial charge in [0.25, 0.3) is 0 Å². The molecule has 0 spiro atoms. The van der Waals surface area contributed by atoms with Gasteiger partial charge in [0, 0.05) is 5.69 Å². The Morgan fingerprint density at radius 1 is 1.05 bits per heavy atom. The molecule has 0 unspecified atom stereocenters. The normalized spacial score (nSPS) is 12.0. The van der Waals surface area contributed by atoms with Gasteiger partial charge in [0.2, 0.25) is 0 Å². The largest absolute Gasteiger partial charge is 0.329 e. The number of para-hydroxylation sites is 1. The Hall–Kier alpha value is -1.58. The van der Waals surface area contributed by atoms with Crippen molar-refractivity contribution in [3.05, 3.63) is 57.8 Å². The molecule has 0 atom stereocenters. The molecule has 1 heterocycles. The number of nitrogens with one attached hydrogen (secondary N) is 1.